The van der Waals surface area contributed by atoms with Gasteiger partial charge in [-0.1, -0.05) is 6.07 Å². The molecule has 1 heterocycles. The SMILES string of the molecule is COc1ccc(CNC(=O)c2cncc(OC(C)C)c2)cc1OC. The third-order valence-electron chi connectivity index (χ3n) is 3.25. The van der Waals surface area contributed by atoms with E-state index < -0.39 is 0 Å². The Morgan fingerprint density at radius 3 is 2.54 bits per heavy atom. The van der Waals surface area contributed by atoms with E-state index in [4.69, 9.17) is 14.2 Å². The summed E-state index contributed by atoms with van der Waals surface area (Å²) in [5.41, 5.74) is 1.36. The zero-order valence-electron chi connectivity index (χ0n) is 14.3. The molecule has 0 saturated carbocycles. The highest BCUT2D eigenvalue weighted by molar-refractivity contribution is 5.94. The number of rotatable bonds is 7. The molecule has 0 saturated heterocycles. The molecule has 0 atom stereocenters. The van der Waals surface area contributed by atoms with E-state index >= 15 is 0 Å². The molecule has 0 spiro atoms. The summed E-state index contributed by atoms with van der Waals surface area (Å²) in [6, 6.07) is 7.18. The van der Waals surface area contributed by atoms with Crippen molar-refractivity contribution in [3.05, 3.63) is 47.8 Å². The Morgan fingerprint density at radius 1 is 1.12 bits per heavy atom. The molecular formula is C18H22N2O4. The minimum Gasteiger partial charge on any atom is -0.493 e. The maximum Gasteiger partial charge on any atom is 0.253 e. The molecule has 0 unspecified atom stereocenters. The molecule has 0 aliphatic heterocycles. The number of carbonyl (C=O) groups excluding carboxylic acids is 1. The number of carbonyl (C=O) groups is 1. The van der Waals surface area contributed by atoms with E-state index in [9.17, 15) is 4.79 Å². The lowest BCUT2D eigenvalue weighted by atomic mass is 10.2. The van der Waals surface area contributed by atoms with Crippen molar-refractivity contribution >= 4 is 5.91 Å². The van der Waals surface area contributed by atoms with Crippen LogP contribution in [0.5, 0.6) is 17.2 Å². The Balaban J connectivity index is 2.03. The van der Waals surface area contributed by atoms with Crippen LogP contribution in [0.2, 0.25) is 0 Å². The molecule has 24 heavy (non-hydrogen) atoms. The molecule has 6 heteroatoms. The van der Waals surface area contributed by atoms with Gasteiger partial charge in [-0.05, 0) is 37.6 Å². The first-order valence-electron chi connectivity index (χ1n) is 7.64. The molecule has 1 N–H and O–H groups in total. The Hall–Kier alpha value is -2.76. The van der Waals surface area contributed by atoms with E-state index in [2.05, 4.69) is 10.3 Å². The maximum absolute atomic E-state index is 12.3. The van der Waals surface area contributed by atoms with Gasteiger partial charge in [-0.25, -0.2) is 0 Å². The van der Waals surface area contributed by atoms with Crippen molar-refractivity contribution in [2.45, 2.75) is 26.5 Å². The van der Waals surface area contributed by atoms with Gasteiger partial charge in [-0.3, -0.25) is 9.78 Å². The Morgan fingerprint density at radius 2 is 1.88 bits per heavy atom. The third kappa shape index (κ3) is 4.62. The number of ether oxygens (including phenoxy) is 3. The predicted octanol–water partition coefficient (Wildman–Crippen LogP) is 2.82. The number of amides is 1. The van der Waals surface area contributed by atoms with Crippen LogP contribution in [-0.4, -0.2) is 31.2 Å². The summed E-state index contributed by atoms with van der Waals surface area (Å²) in [5.74, 6) is 1.63. The second-order valence-electron chi connectivity index (χ2n) is 5.45. The van der Waals surface area contributed by atoms with Gasteiger partial charge in [0.15, 0.2) is 11.5 Å². The molecular weight excluding hydrogens is 308 g/mol. The molecule has 1 amide bonds. The summed E-state index contributed by atoms with van der Waals surface area (Å²) < 4.78 is 16.0. The quantitative estimate of drug-likeness (QED) is 0.845. The number of hydrogen-bond donors (Lipinski definition) is 1. The first-order valence-corrected chi connectivity index (χ1v) is 7.64. The van der Waals surface area contributed by atoms with Gasteiger partial charge in [-0.2, -0.15) is 0 Å². The first kappa shape index (κ1) is 17.6. The molecule has 0 radical (unpaired) electrons. The number of pyridine rings is 1. The summed E-state index contributed by atoms with van der Waals surface area (Å²) in [7, 11) is 3.16. The van der Waals surface area contributed by atoms with Gasteiger partial charge < -0.3 is 19.5 Å². The lowest BCUT2D eigenvalue weighted by molar-refractivity contribution is 0.0949. The highest BCUT2D eigenvalue weighted by atomic mass is 16.5. The monoisotopic (exact) mass is 330 g/mol. The van der Waals surface area contributed by atoms with Crippen LogP contribution in [0.1, 0.15) is 29.8 Å². The van der Waals surface area contributed by atoms with Crippen molar-refractivity contribution in [2.75, 3.05) is 14.2 Å². The van der Waals surface area contributed by atoms with Crippen LogP contribution in [0, 0.1) is 0 Å². The Labute approximate surface area is 141 Å². The molecule has 0 bridgehead atoms. The minimum absolute atomic E-state index is 0.0249. The van der Waals surface area contributed by atoms with E-state index in [-0.39, 0.29) is 12.0 Å². The number of hydrogen-bond acceptors (Lipinski definition) is 5. The molecule has 1 aromatic heterocycles. The average Bonchev–Trinajstić information content (AvgIpc) is 2.59. The molecule has 0 aliphatic rings. The maximum atomic E-state index is 12.3. The van der Waals surface area contributed by atoms with E-state index in [1.165, 1.54) is 6.20 Å². The van der Waals surface area contributed by atoms with E-state index in [0.717, 1.165) is 5.56 Å². The van der Waals surface area contributed by atoms with E-state index in [0.29, 0.717) is 29.4 Å². The highest BCUT2D eigenvalue weighted by Crippen LogP contribution is 2.27. The molecule has 0 fully saturated rings. The molecule has 6 nitrogen and oxygen atoms in total. The van der Waals surface area contributed by atoms with Crippen LogP contribution in [0.3, 0.4) is 0 Å². The summed E-state index contributed by atoms with van der Waals surface area (Å²) in [6.45, 7) is 4.21. The summed E-state index contributed by atoms with van der Waals surface area (Å²) >= 11 is 0. The van der Waals surface area contributed by atoms with Gasteiger partial charge in [0.1, 0.15) is 5.75 Å². The highest BCUT2D eigenvalue weighted by Gasteiger charge is 2.10. The zero-order chi connectivity index (χ0) is 17.5. The molecule has 0 aliphatic carbocycles. The van der Waals surface area contributed by atoms with Gasteiger partial charge in [0.05, 0.1) is 32.1 Å². The van der Waals surface area contributed by atoms with Crippen molar-refractivity contribution < 1.29 is 19.0 Å². The lowest BCUT2D eigenvalue weighted by Crippen LogP contribution is -2.23. The number of methoxy groups -OCH3 is 2. The number of nitrogens with one attached hydrogen (secondary N) is 1. The van der Waals surface area contributed by atoms with Crippen LogP contribution < -0.4 is 19.5 Å². The standard InChI is InChI=1S/C18H22N2O4/c1-12(2)24-15-8-14(10-19-11-15)18(21)20-9-13-5-6-16(22-3)17(7-13)23-4/h5-8,10-12H,9H2,1-4H3,(H,20,21). The third-order valence-corrected chi connectivity index (χ3v) is 3.25. The Kier molecular flexibility index (Phi) is 6.01. The van der Waals surface area contributed by atoms with Gasteiger partial charge >= 0.3 is 0 Å². The molecule has 2 aromatic rings. The number of nitrogens with zero attached hydrogens (tertiary/aromatic N) is 1. The zero-order valence-corrected chi connectivity index (χ0v) is 14.3. The van der Waals surface area contributed by atoms with Crippen molar-refractivity contribution in [3.63, 3.8) is 0 Å². The summed E-state index contributed by atoms with van der Waals surface area (Å²) in [6.07, 6.45) is 3.12. The van der Waals surface area contributed by atoms with Crippen molar-refractivity contribution in [1.29, 1.82) is 0 Å². The van der Waals surface area contributed by atoms with Gasteiger partial charge in [0.2, 0.25) is 0 Å². The predicted molar refractivity (Wildman–Crippen MR) is 90.7 cm³/mol. The number of benzene rings is 1. The summed E-state index contributed by atoms with van der Waals surface area (Å²) in [5, 5.41) is 2.85. The lowest BCUT2D eigenvalue weighted by Gasteiger charge is -2.11. The van der Waals surface area contributed by atoms with E-state index in [1.807, 2.05) is 26.0 Å². The van der Waals surface area contributed by atoms with E-state index in [1.54, 1.807) is 32.5 Å². The van der Waals surface area contributed by atoms with Crippen LogP contribution in [0.25, 0.3) is 0 Å². The van der Waals surface area contributed by atoms with Crippen molar-refractivity contribution in [2.24, 2.45) is 0 Å². The van der Waals surface area contributed by atoms with Crippen LogP contribution in [-0.2, 0) is 6.54 Å². The first-order chi connectivity index (χ1) is 11.5. The molecule has 2 rings (SSSR count). The minimum atomic E-state index is -0.216. The van der Waals surface area contributed by atoms with Gasteiger partial charge in [0.25, 0.3) is 5.91 Å². The van der Waals surface area contributed by atoms with Crippen molar-refractivity contribution in [1.82, 2.24) is 10.3 Å². The topological polar surface area (TPSA) is 69.7 Å². The fourth-order valence-corrected chi connectivity index (χ4v) is 2.15. The molecule has 128 valence electrons. The van der Waals surface area contributed by atoms with Crippen LogP contribution in [0.4, 0.5) is 0 Å². The Bertz CT molecular complexity index is 701. The van der Waals surface area contributed by atoms with Crippen LogP contribution >= 0.6 is 0 Å². The fourth-order valence-electron chi connectivity index (χ4n) is 2.15. The largest absolute Gasteiger partial charge is 0.493 e. The number of aromatic nitrogens is 1. The van der Waals surface area contributed by atoms with Gasteiger partial charge in [-0.15, -0.1) is 0 Å². The summed E-state index contributed by atoms with van der Waals surface area (Å²) in [4.78, 5) is 16.3. The van der Waals surface area contributed by atoms with Gasteiger partial charge in [0, 0.05) is 12.7 Å². The van der Waals surface area contributed by atoms with Crippen LogP contribution in [0.15, 0.2) is 36.7 Å². The smallest absolute Gasteiger partial charge is 0.253 e. The second-order valence-corrected chi connectivity index (χ2v) is 5.45. The second kappa shape index (κ2) is 8.19. The average molecular weight is 330 g/mol. The van der Waals surface area contributed by atoms with Crippen molar-refractivity contribution in [3.8, 4) is 17.2 Å². The fraction of sp³-hybridized carbons (Fsp3) is 0.333. The normalized spacial score (nSPS) is 10.4. The molecule has 1 aromatic carbocycles.